The van der Waals surface area contributed by atoms with Gasteiger partial charge in [0.2, 0.25) is 5.89 Å². The van der Waals surface area contributed by atoms with Gasteiger partial charge in [0.15, 0.2) is 5.82 Å². The summed E-state index contributed by atoms with van der Waals surface area (Å²) in [5.74, 6) is 3.28. The third-order valence-electron chi connectivity index (χ3n) is 4.75. The predicted octanol–water partition coefficient (Wildman–Crippen LogP) is 1.43. The zero-order valence-electron chi connectivity index (χ0n) is 13.6. The largest absolute Gasteiger partial charge is 0.339 e. The zero-order chi connectivity index (χ0) is 15.6. The summed E-state index contributed by atoms with van der Waals surface area (Å²) in [5.41, 5.74) is 0. The van der Waals surface area contributed by atoms with Crippen molar-refractivity contribution in [2.75, 3.05) is 13.1 Å². The number of likely N-dealkylation sites (tertiary alicyclic amines) is 1. The molecule has 2 aromatic rings. The molecule has 1 atom stereocenters. The quantitative estimate of drug-likeness (QED) is 0.869. The highest BCUT2D eigenvalue weighted by molar-refractivity contribution is 5.02. The highest BCUT2D eigenvalue weighted by atomic mass is 16.5. The lowest BCUT2D eigenvalue weighted by Gasteiger charge is -2.32. The van der Waals surface area contributed by atoms with E-state index in [1.807, 2.05) is 19.4 Å². The van der Waals surface area contributed by atoms with Crippen LogP contribution in [-0.4, -0.2) is 43.7 Å². The average molecular weight is 316 g/mol. The third-order valence-corrected chi connectivity index (χ3v) is 4.75. The van der Waals surface area contributed by atoms with Crippen molar-refractivity contribution in [2.24, 2.45) is 7.05 Å². The van der Waals surface area contributed by atoms with Gasteiger partial charge in [0.25, 0.3) is 0 Å². The average Bonchev–Trinajstić information content (AvgIpc) is 3.17. The standard InChI is InChI=1S/C16H24N6O/c1-21-8-6-17-15(21)9-18-13-3-2-7-22(10-13)11-14-19-16(23-20-14)12-4-5-12/h6,8,12-13,18H,2-5,7,9-11H2,1H3. The van der Waals surface area contributed by atoms with Crippen molar-refractivity contribution in [2.45, 2.75) is 50.7 Å². The molecule has 23 heavy (non-hydrogen) atoms. The van der Waals surface area contributed by atoms with E-state index in [1.54, 1.807) is 0 Å². The highest BCUT2D eigenvalue weighted by Gasteiger charge is 2.30. The number of imidazole rings is 1. The van der Waals surface area contributed by atoms with Gasteiger partial charge in [-0.1, -0.05) is 5.16 Å². The molecule has 1 saturated heterocycles. The molecule has 0 bridgehead atoms. The Morgan fingerprint density at radius 1 is 1.35 bits per heavy atom. The van der Waals surface area contributed by atoms with E-state index in [0.717, 1.165) is 43.7 Å². The zero-order valence-corrected chi connectivity index (χ0v) is 13.6. The summed E-state index contributed by atoms with van der Waals surface area (Å²) in [6.07, 6.45) is 8.64. The minimum atomic E-state index is 0.496. The Kier molecular flexibility index (Phi) is 4.13. The molecular formula is C16H24N6O. The fourth-order valence-corrected chi connectivity index (χ4v) is 3.20. The van der Waals surface area contributed by atoms with Crippen LogP contribution in [0.4, 0.5) is 0 Å². The number of hydrogen-bond acceptors (Lipinski definition) is 6. The lowest BCUT2D eigenvalue weighted by atomic mass is 10.1. The summed E-state index contributed by atoms with van der Waals surface area (Å²) in [7, 11) is 2.03. The van der Waals surface area contributed by atoms with Crippen LogP contribution in [0.2, 0.25) is 0 Å². The van der Waals surface area contributed by atoms with Gasteiger partial charge in [0, 0.05) is 37.9 Å². The van der Waals surface area contributed by atoms with Crippen LogP contribution in [0.15, 0.2) is 16.9 Å². The van der Waals surface area contributed by atoms with Crippen molar-refractivity contribution < 1.29 is 4.52 Å². The normalized spacial score (nSPS) is 22.6. The van der Waals surface area contributed by atoms with Crippen molar-refractivity contribution in [3.05, 3.63) is 29.9 Å². The molecule has 2 aliphatic rings. The molecular weight excluding hydrogens is 292 g/mol. The first-order valence-electron chi connectivity index (χ1n) is 8.52. The molecule has 3 heterocycles. The molecule has 1 unspecified atom stereocenters. The maximum absolute atomic E-state index is 5.35. The van der Waals surface area contributed by atoms with Crippen LogP contribution in [0.3, 0.4) is 0 Å². The Bertz CT molecular complexity index is 647. The fraction of sp³-hybridized carbons (Fsp3) is 0.688. The van der Waals surface area contributed by atoms with Gasteiger partial charge in [-0.2, -0.15) is 4.98 Å². The Hall–Kier alpha value is -1.73. The number of nitrogens with one attached hydrogen (secondary N) is 1. The SMILES string of the molecule is Cn1ccnc1CNC1CCCN(Cc2noc(C3CC3)n2)C1. The summed E-state index contributed by atoms with van der Waals surface area (Å²) in [6.45, 7) is 3.73. The molecule has 0 aromatic carbocycles. The third kappa shape index (κ3) is 3.61. The van der Waals surface area contributed by atoms with Gasteiger partial charge >= 0.3 is 0 Å². The van der Waals surface area contributed by atoms with Gasteiger partial charge in [0.05, 0.1) is 13.1 Å². The molecule has 2 fully saturated rings. The highest BCUT2D eigenvalue weighted by Crippen LogP contribution is 2.38. The first-order chi connectivity index (χ1) is 11.3. The number of aromatic nitrogens is 4. The van der Waals surface area contributed by atoms with E-state index in [1.165, 1.54) is 25.7 Å². The Morgan fingerprint density at radius 3 is 3.04 bits per heavy atom. The second kappa shape index (κ2) is 6.41. The monoisotopic (exact) mass is 316 g/mol. The molecule has 0 spiro atoms. The van der Waals surface area contributed by atoms with E-state index in [2.05, 4.69) is 29.9 Å². The van der Waals surface area contributed by atoms with Crippen molar-refractivity contribution in [3.8, 4) is 0 Å². The number of aryl methyl sites for hydroxylation is 1. The summed E-state index contributed by atoms with van der Waals surface area (Å²) in [4.78, 5) is 11.3. The van der Waals surface area contributed by atoms with E-state index < -0.39 is 0 Å². The molecule has 1 N–H and O–H groups in total. The van der Waals surface area contributed by atoms with E-state index in [9.17, 15) is 0 Å². The summed E-state index contributed by atoms with van der Waals surface area (Å²) in [5, 5.41) is 7.76. The minimum absolute atomic E-state index is 0.496. The summed E-state index contributed by atoms with van der Waals surface area (Å²) < 4.78 is 7.41. The number of rotatable bonds is 6. The number of hydrogen-bond donors (Lipinski definition) is 1. The topological polar surface area (TPSA) is 72.0 Å². The molecule has 7 nitrogen and oxygen atoms in total. The van der Waals surface area contributed by atoms with E-state index >= 15 is 0 Å². The Balaban J connectivity index is 1.28. The molecule has 2 aromatic heterocycles. The molecule has 1 saturated carbocycles. The maximum Gasteiger partial charge on any atom is 0.229 e. The van der Waals surface area contributed by atoms with Crippen LogP contribution in [0.5, 0.6) is 0 Å². The minimum Gasteiger partial charge on any atom is -0.339 e. The van der Waals surface area contributed by atoms with Gasteiger partial charge < -0.3 is 14.4 Å². The Morgan fingerprint density at radius 2 is 2.26 bits per heavy atom. The lowest BCUT2D eigenvalue weighted by molar-refractivity contribution is 0.176. The smallest absolute Gasteiger partial charge is 0.229 e. The number of piperidine rings is 1. The van der Waals surface area contributed by atoms with Crippen molar-refractivity contribution >= 4 is 0 Å². The van der Waals surface area contributed by atoms with Gasteiger partial charge in [-0.25, -0.2) is 4.98 Å². The summed E-state index contributed by atoms with van der Waals surface area (Å²) in [6, 6.07) is 0.496. The van der Waals surface area contributed by atoms with Gasteiger partial charge in [-0.15, -0.1) is 0 Å². The van der Waals surface area contributed by atoms with E-state index in [-0.39, 0.29) is 0 Å². The number of nitrogens with zero attached hydrogens (tertiary/aromatic N) is 5. The lowest BCUT2D eigenvalue weighted by Crippen LogP contribution is -2.45. The van der Waals surface area contributed by atoms with Crippen LogP contribution in [0, 0.1) is 0 Å². The van der Waals surface area contributed by atoms with Gasteiger partial charge in [0.1, 0.15) is 5.82 Å². The van der Waals surface area contributed by atoms with Crippen LogP contribution in [0.25, 0.3) is 0 Å². The van der Waals surface area contributed by atoms with Crippen LogP contribution in [0.1, 0.15) is 49.1 Å². The van der Waals surface area contributed by atoms with Gasteiger partial charge in [-0.05, 0) is 32.2 Å². The van der Waals surface area contributed by atoms with E-state index in [4.69, 9.17) is 4.52 Å². The molecule has 4 rings (SSSR count). The molecule has 0 amide bonds. The first kappa shape index (κ1) is 14.8. The van der Waals surface area contributed by atoms with Crippen molar-refractivity contribution in [3.63, 3.8) is 0 Å². The molecule has 124 valence electrons. The van der Waals surface area contributed by atoms with Crippen LogP contribution in [-0.2, 0) is 20.1 Å². The maximum atomic E-state index is 5.35. The molecule has 1 aliphatic heterocycles. The Labute approximate surface area is 136 Å². The first-order valence-corrected chi connectivity index (χ1v) is 8.52. The molecule has 7 heteroatoms. The van der Waals surface area contributed by atoms with Crippen molar-refractivity contribution in [1.82, 2.24) is 29.9 Å². The van der Waals surface area contributed by atoms with Crippen LogP contribution < -0.4 is 5.32 Å². The second-order valence-corrected chi connectivity index (χ2v) is 6.73. The molecule has 0 radical (unpaired) electrons. The van der Waals surface area contributed by atoms with Crippen molar-refractivity contribution in [1.29, 1.82) is 0 Å². The van der Waals surface area contributed by atoms with E-state index in [0.29, 0.717) is 12.0 Å². The fourth-order valence-electron chi connectivity index (χ4n) is 3.20. The predicted molar refractivity (Wildman–Crippen MR) is 84.6 cm³/mol. The molecule has 1 aliphatic carbocycles. The van der Waals surface area contributed by atoms with Gasteiger partial charge in [-0.3, -0.25) is 4.90 Å². The van der Waals surface area contributed by atoms with Crippen LogP contribution >= 0.6 is 0 Å². The second-order valence-electron chi connectivity index (χ2n) is 6.73. The summed E-state index contributed by atoms with van der Waals surface area (Å²) >= 11 is 0.